The summed E-state index contributed by atoms with van der Waals surface area (Å²) in [4.78, 5) is 25.3. The number of aliphatic carboxylic acids is 1. The first-order valence-corrected chi connectivity index (χ1v) is 11.0. The second-order valence-corrected chi connectivity index (χ2v) is 8.57. The van der Waals surface area contributed by atoms with E-state index < -0.39 is 5.97 Å². The molecule has 1 amide bonds. The molecule has 1 heterocycles. The number of thioether (sulfide) groups is 1. The minimum atomic E-state index is -0.714. The number of phenols is 1. The minimum absolute atomic E-state index is 0.0403. The molecule has 152 valence electrons. The van der Waals surface area contributed by atoms with E-state index in [1.807, 2.05) is 6.08 Å². The summed E-state index contributed by atoms with van der Waals surface area (Å²) in [6.45, 7) is 0.649. The van der Waals surface area contributed by atoms with Crippen LogP contribution in [0.15, 0.2) is 29.2 Å². The van der Waals surface area contributed by atoms with Gasteiger partial charge < -0.3 is 10.2 Å². The first kappa shape index (κ1) is 22.4. The van der Waals surface area contributed by atoms with Crippen molar-refractivity contribution in [1.29, 1.82) is 0 Å². The number of rotatable bonds is 12. The maximum atomic E-state index is 12.6. The molecule has 1 fully saturated rings. The summed E-state index contributed by atoms with van der Waals surface area (Å²) < 4.78 is 0.605. The number of unbranched alkanes of at least 4 members (excludes halogenated alkanes) is 7. The summed E-state index contributed by atoms with van der Waals surface area (Å²) in [6, 6.07) is 6.73. The number of carbonyl (C=O) groups is 2. The van der Waals surface area contributed by atoms with Crippen LogP contribution in [0.2, 0.25) is 0 Å². The highest BCUT2D eigenvalue weighted by Gasteiger charge is 2.31. The number of hydrogen-bond acceptors (Lipinski definition) is 5. The molecule has 28 heavy (non-hydrogen) atoms. The largest absolute Gasteiger partial charge is 0.508 e. The smallest absolute Gasteiger partial charge is 0.303 e. The van der Waals surface area contributed by atoms with Gasteiger partial charge in [0.1, 0.15) is 10.1 Å². The fourth-order valence-electron chi connectivity index (χ4n) is 3.02. The number of thiocarbonyl (C=S) groups is 1. The van der Waals surface area contributed by atoms with Crippen molar-refractivity contribution in [2.24, 2.45) is 0 Å². The maximum Gasteiger partial charge on any atom is 0.303 e. The van der Waals surface area contributed by atoms with Crippen LogP contribution < -0.4 is 0 Å². The molecule has 1 aromatic rings. The lowest BCUT2D eigenvalue weighted by molar-refractivity contribution is -0.137. The van der Waals surface area contributed by atoms with Gasteiger partial charge in [0.25, 0.3) is 5.91 Å². The lowest BCUT2D eigenvalue weighted by Crippen LogP contribution is -2.29. The van der Waals surface area contributed by atoms with Gasteiger partial charge in [0.05, 0.1) is 4.91 Å². The van der Waals surface area contributed by atoms with Crippen molar-refractivity contribution in [2.75, 3.05) is 6.54 Å². The van der Waals surface area contributed by atoms with Crippen molar-refractivity contribution in [1.82, 2.24) is 4.90 Å². The van der Waals surface area contributed by atoms with Gasteiger partial charge in [-0.25, -0.2) is 0 Å². The number of carboxylic acid groups (broad SMARTS) is 1. The standard InChI is InChI=1S/C21H27NO4S2/c23-17-12-10-16(11-13-17)15-18-20(26)22(21(27)28-18)14-8-6-4-2-1-3-5-7-9-19(24)25/h10-13,15,23H,1-9,14H2,(H,24,25)/b18-15-. The summed E-state index contributed by atoms with van der Waals surface area (Å²) >= 11 is 6.68. The average Bonchev–Trinajstić information content (AvgIpc) is 2.92. The Labute approximate surface area is 175 Å². The first-order chi connectivity index (χ1) is 13.5. The second-order valence-electron chi connectivity index (χ2n) is 6.90. The van der Waals surface area contributed by atoms with Crippen LogP contribution in [0, 0.1) is 0 Å². The Bertz CT molecular complexity index is 716. The molecule has 0 unspecified atom stereocenters. The average molecular weight is 422 g/mol. The molecule has 0 bridgehead atoms. The molecule has 1 aliphatic rings. The van der Waals surface area contributed by atoms with Crippen molar-refractivity contribution in [3.63, 3.8) is 0 Å². The van der Waals surface area contributed by atoms with Gasteiger partial charge in [0.15, 0.2) is 0 Å². The Morgan fingerprint density at radius 3 is 2.18 bits per heavy atom. The van der Waals surface area contributed by atoms with Crippen molar-refractivity contribution >= 4 is 46.3 Å². The molecule has 0 radical (unpaired) electrons. The summed E-state index contributed by atoms with van der Waals surface area (Å²) in [6.07, 6.45) is 10.3. The van der Waals surface area contributed by atoms with E-state index in [4.69, 9.17) is 17.3 Å². The number of phenolic OH excluding ortho intramolecular Hbond substituents is 1. The van der Waals surface area contributed by atoms with Crippen molar-refractivity contribution < 1.29 is 19.8 Å². The number of carbonyl (C=O) groups excluding carboxylic acids is 1. The number of amides is 1. The molecule has 0 saturated carbocycles. The van der Waals surface area contributed by atoms with Crippen LogP contribution in [0.1, 0.15) is 63.4 Å². The Morgan fingerprint density at radius 2 is 1.57 bits per heavy atom. The molecule has 7 heteroatoms. The number of benzene rings is 1. The van der Waals surface area contributed by atoms with Gasteiger partial charge in [-0.05, 0) is 36.6 Å². The lowest BCUT2D eigenvalue weighted by Gasteiger charge is -2.14. The van der Waals surface area contributed by atoms with E-state index in [0.717, 1.165) is 56.9 Å². The van der Waals surface area contributed by atoms with E-state index in [9.17, 15) is 14.7 Å². The molecule has 0 atom stereocenters. The van der Waals surface area contributed by atoms with Crippen molar-refractivity contribution in [2.45, 2.75) is 57.8 Å². The van der Waals surface area contributed by atoms with Gasteiger partial charge in [0.2, 0.25) is 0 Å². The monoisotopic (exact) mass is 421 g/mol. The Kier molecular flexibility index (Phi) is 9.50. The van der Waals surface area contributed by atoms with Gasteiger partial charge in [-0.1, -0.05) is 74.6 Å². The van der Waals surface area contributed by atoms with Gasteiger partial charge in [0, 0.05) is 13.0 Å². The number of carboxylic acids is 1. The molecule has 2 N–H and O–H groups in total. The van der Waals surface area contributed by atoms with E-state index >= 15 is 0 Å². The topological polar surface area (TPSA) is 77.8 Å². The summed E-state index contributed by atoms with van der Waals surface area (Å²) in [5.74, 6) is -0.555. The highest BCUT2D eigenvalue weighted by atomic mass is 32.2. The molecule has 1 saturated heterocycles. The minimum Gasteiger partial charge on any atom is -0.508 e. The number of nitrogens with zero attached hydrogens (tertiary/aromatic N) is 1. The van der Waals surface area contributed by atoms with E-state index in [0.29, 0.717) is 15.8 Å². The van der Waals surface area contributed by atoms with Gasteiger partial charge in [-0.2, -0.15) is 0 Å². The molecule has 1 aliphatic heterocycles. The molecule has 0 aliphatic carbocycles. The molecular formula is C21H27NO4S2. The van der Waals surface area contributed by atoms with Crippen LogP contribution in [0.5, 0.6) is 5.75 Å². The van der Waals surface area contributed by atoms with Crippen molar-refractivity contribution in [3.05, 3.63) is 34.7 Å². The van der Waals surface area contributed by atoms with E-state index in [1.54, 1.807) is 29.2 Å². The zero-order valence-electron chi connectivity index (χ0n) is 15.9. The van der Waals surface area contributed by atoms with Crippen LogP contribution in [0.25, 0.3) is 6.08 Å². The van der Waals surface area contributed by atoms with Crippen LogP contribution >= 0.6 is 24.0 Å². The van der Waals surface area contributed by atoms with Crippen LogP contribution in [-0.2, 0) is 9.59 Å². The zero-order chi connectivity index (χ0) is 20.4. The number of aromatic hydroxyl groups is 1. The Hall–Kier alpha value is -1.86. The maximum absolute atomic E-state index is 12.6. The van der Waals surface area contributed by atoms with Crippen molar-refractivity contribution in [3.8, 4) is 5.75 Å². The summed E-state index contributed by atoms with van der Waals surface area (Å²) in [7, 11) is 0. The summed E-state index contributed by atoms with van der Waals surface area (Å²) in [5.41, 5.74) is 0.863. The van der Waals surface area contributed by atoms with E-state index in [-0.39, 0.29) is 18.1 Å². The fourth-order valence-corrected chi connectivity index (χ4v) is 4.33. The molecule has 0 spiro atoms. The first-order valence-electron chi connectivity index (χ1n) is 9.73. The highest BCUT2D eigenvalue weighted by Crippen LogP contribution is 2.33. The molecule has 1 aromatic carbocycles. The Balaban J connectivity index is 1.64. The number of hydrogen-bond donors (Lipinski definition) is 2. The highest BCUT2D eigenvalue weighted by molar-refractivity contribution is 8.26. The second kappa shape index (κ2) is 11.9. The molecular weight excluding hydrogens is 394 g/mol. The third kappa shape index (κ3) is 7.64. The zero-order valence-corrected chi connectivity index (χ0v) is 17.6. The van der Waals surface area contributed by atoms with Crippen LogP contribution in [0.4, 0.5) is 0 Å². The SMILES string of the molecule is O=C(O)CCCCCCCCCCN1C(=O)/C(=C/c2ccc(O)cc2)SC1=S. The van der Waals surface area contributed by atoms with E-state index in [1.165, 1.54) is 11.8 Å². The van der Waals surface area contributed by atoms with Crippen LogP contribution in [-0.4, -0.2) is 37.9 Å². The summed E-state index contributed by atoms with van der Waals surface area (Å²) in [5, 5.41) is 17.9. The van der Waals surface area contributed by atoms with Gasteiger partial charge in [-0.15, -0.1) is 0 Å². The quantitative estimate of drug-likeness (QED) is 0.275. The fraction of sp³-hybridized carbons (Fsp3) is 0.476. The van der Waals surface area contributed by atoms with Gasteiger partial charge >= 0.3 is 5.97 Å². The molecule has 0 aromatic heterocycles. The third-order valence-electron chi connectivity index (χ3n) is 4.59. The lowest BCUT2D eigenvalue weighted by atomic mass is 10.1. The molecule has 2 rings (SSSR count). The predicted molar refractivity (Wildman–Crippen MR) is 117 cm³/mol. The van der Waals surface area contributed by atoms with E-state index in [2.05, 4.69) is 0 Å². The van der Waals surface area contributed by atoms with Crippen LogP contribution in [0.3, 0.4) is 0 Å². The predicted octanol–water partition coefficient (Wildman–Crippen LogP) is 5.19. The molecule has 5 nitrogen and oxygen atoms in total. The normalized spacial score (nSPS) is 15.6. The third-order valence-corrected chi connectivity index (χ3v) is 5.96. The van der Waals surface area contributed by atoms with Gasteiger partial charge in [-0.3, -0.25) is 14.5 Å². The Morgan fingerprint density at radius 1 is 1.00 bits per heavy atom.